The molecule has 1 amide bonds. The van der Waals surface area contributed by atoms with Gasteiger partial charge in [0, 0.05) is 30.8 Å². The van der Waals surface area contributed by atoms with Crippen LogP contribution < -0.4 is 10.9 Å². The molecule has 2 aliphatic rings. The normalized spacial score (nSPS) is 17.8. The molecule has 2 aliphatic heterocycles. The number of anilines is 1. The van der Waals surface area contributed by atoms with Crippen molar-refractivity contribution >= 4 is 29.4 Å². The van der Waals surface area contributed by atoms with Gasteiger partial charge in [0.25, 0.3) is 11.5 Å². The van der Waals surface area contributed by atoms with E-state index in [-0.39, 0.29) is 47.9 Å². The molecule has 202 valence electrons. The highest BCUT2D eigenvalue weighted by molar-refractivity contribution is 5.95. The summed E-state index contributed by atoms with van der Waals surface area (Å²) in [7, 11) is 0. The number of rotatable bonds is 7. The smallest absolute Gasteiger partial charge is 0.279 e. The Bertz CT molecular complexity index is 1460. The number of aryl methyl sites for hydroxylation is 1. The average molecular weight is 526 g/mol. The number of aliphatic imine (C=N–C) groups is 1. The van der Waals surface area contributed by atoms with E-state index in [1.165, 1.54) is 4.57 Å². The highest BCUT2D eigenvalue weighted by Gasteiger charge is 2.31. The number of likely N-dealkylation sites (tertiary alicyclic amines) is 1. The molecule has 0 spiro atoms. The third-order valence-electron chi connectivity index (χ3n) is 7.43. The highest BCUT2D eigenvalue weighted by atomic mass is 16.2. The van der Waals surface area contributed by atoms with Crippen molar-refractivity contribution in [3.63, 3.8) is 0 Å². The van der Waals surface area contributed by atoms with Gasteiger partial charge in [-0.2, -0.15) is 0 Å². The first-order valence-electron chi connectivity index (χ1n) is 13.6. The molecule has 5 rings (SSSR count). The van der Waals surface area contributed by atoms with Gasteiger partial charge in [0.15, 0.2) is 17.4 Å². The Morgan fingerprint density at radius 1 is 1.05 bits per heavy atom. The lowest BCUT2D eigenvalue weighted by atomic mass is 9.95. The Morgan fingerprint density at radius 3 is 2.54 bits per heavy atom. The summed E-state index contributed by atoms with van der Waals surface area (Å²) >= 11 is 0. The summed E-state index contributed by atoms with van der Waals surface area (Å²) in [5, 5.41) is 3.22. The minimum absolute atomic E-state index is 0.00284. The lowest BCUT2D eigenvalue weighted by Gasteiger charge is -2.36. The number of benzene rings is 2. The van der Waals surface area contributed by atoms with Crippen LogP contribution in [0.1, 0.15) is 78.1 Å². The summed E-state index contributed by atoms with van der Waals surface area (Å²) in [5.41, 5.74) is 2.16. The zero-order valence-electron chi connectivity index (χ0n) is 22.8. The van der Waals surface area contributed by atoms with Crippen LogP contribution in [0.3, 0.4) is 0 Å². The number of piperidine rings is 1. The molecule has 0 saturated carbocycles. The van der Waals surface area contributed by atoms with Crippen molar-refractivity contribution in [3.8, 4) is 0 Å². The third-order valence-corrected chi connectivity index (χ3v) is 7.43. The molecule has 1 saturated heterocycles. The SMILES string of the molecule is Cc1ccc(C(=O)N2CCCCC2CCC(=O)c2nc3c(c(=O)n2Cc2ccccc2)NC(C)(C)C=N3)cc1. The molecule has 1 fully saturated rings. The molecule has 1 aromatic heterocycles. The van der Waals surface area contributed by atoms with E-state index in [9.17, 15) is 14.4 Å². The molecule has 3 aromatic rings. The predicted octanol–water partition coefficient (Wildman–Crippen LogP) is 5.16. The van der Waals surface area contributed by atoms with Gasteiger partial charge in [-0.3, -0.25) is 19.0 Å². The van der Waals surface area contributed by atoms with E-state index >= 15 is 0 Å². The van der Waals surface area contributed by atoms with Gasteiger partial charge in [-0.25, -0.2) is 9.98 Å². The van der Waals surface area contributed by atoms with Gasteiger partial charge in [-0.05, 0) is 64.2 Å². The first-order chi connectivity index (χ1) is 18.7. The van der Waals surface area contributed by atoms with Gasteiger partial charge in [0.1, 0.15) is 5.69 Å². The topological polar surface area (TPSA) is 96.7 Å². The van der Waals surface area contributed by atoms with Crippen LogP contribution in [0.4, 0.5) is 11.5 Å². The second-order valence-corrected chi connectivity index (χ2v) is 11.1. The number of Topliss-reactive ketones (excluding diaryl/α,β-unsaturated/α-hetero) is 1. The van der Waals surface area contributed by atoms with Crippen LogP contribution in [-0.4, -0.2) is 50.5 Å². The maximum Gasteiger partial charge on any atom is 0.279 e. The Kier molecular flexibility index (Phi) is 7.46. The van der Waals surface area contributed by atoms with Gasteiger partial charge in [-0.1, -0.05) is 48.0 Å². The summed E-state index contributed by atoms with van der Waals surface area (Å²) in [6.45, 7) is 6.75. The second-order valence-electron chi connectivity index (χ2n) is 11.1. The zero-order chi connectivity index (χ0) is 27.6. The van der Waals surface area contributed by atoms with Crippen LogP contribution in [0, 0.1) is 6.92 Å². The number of hydrogen-bond acceptors (Lipinski definition) is 6. The van der Waals surface area contributed by atoms with Crippen LogP contribution in [0.15, 0.2) is 64.4 Å². The van der Waals surface area contributed by atoms with Crippen molar-refractivity contribution in [2.45, 2.75) is 71.0 Å². The molecule has 8 heteroatoms. The summed E-state index contributed by atoms with van der Waals surface area (Å²) in [5.74, 6) is 0.122. The minimum atomic E-state index is -0.502. The van der Waals surface area contributed by atoms with E-state index in [2.05, 4.69) is 15.3 Å². The second kappa shape index (κ2) is 11.0. The Labute approximate surface area is 228 Å². The zero-order valence-corrected chi connectivity index (χ0v) is 22.8. The van der Waals surface area contributed by atoms with Gasteiger partial charge >= 0.3 is 0 Å². The number of carbonyl (C=O) groups excluding carboxylic acids is 2. The standard InChI is InChI=1S/C31H35N5O3/c1-21-12-14-23(15-13-21)29(38)35-18-8-7-11-24(35)16-17-25(37)28-33-27-26(34-31(2,3)20-32-27)30(39)36(28)19-22-9-5-4-6-10-22/h4-6,9-10,12-15,20,24,34H,7-8,11,16-19H2,1-3H3. The molecular weight excluding hydrogens is 490 g/mol. The van der Waals surface area contributed by atoms with Crippen LogP contribution >= 0.6 is 0 Å². The van der Waals surface area contributed by atoms with E-state index in [4.69, 9.17) is 0 Å². The third kappa shape index (κ3) is 5.85. The number of carbonyl (C=O) groups is 2. The van der Waals surface area contributed by atoms with Gasteiger partial charge in [0.05, 0.1) is 12.1 Å². The van der Waals surface area contributed by atoms with Gasteiger partial charge < -0.3 is 10.2 Å². The van der Waals surface area contributed by atoms with Crippen molar-refractivity contribution in [1.29, 1.82) is 0 Å². The van der Waals surface area contributed by atoms with E-state index in [1.54, 1.807) is 6.21 Å². The quantitative estimate of drug-likeness (QED) is 0.430. The summed E-state index contributed by atoms with van der Waals surface area (Å²) in [6, 6.07) is 17.2. The summed E-state index contributed by atoms with van der Waals surface area (Å²) < 4.78 is 1.45. The molecule has 0 radical (unpaired) electrons. The van der Waals surface area contributed by atoms with Gasteiger partial charge in [0.2, 0.25) is 0 Å². The van der Waals surface area contributed by atoms with Crippen molar-refractivity contribution in [2.75, 3.05) is 11.9 Å². The number of nitrogens with one attached hydrogen (secondary N) is 1. The number of hydrogen-bond donors (Lipinski definition) is 1. The summed E-state index contributed by atoms with van der Waals surface area (Å²) in [6.07, 6.45) is 5.22. The van der Waals surface area contributed by atoms with Crippen molar-refractivity contribution in [2.24, 2.45) is 4.99 Å². The molecule has 1 N–H and O–H groups in total. The Hall–Kier alpha value is -4.07. The molecule has 3 heterocycles. The molecular formula is C31H35N5O3. The Balaban J connectivity index is 1.40. The molecule has 0 aliphatic carbocycles. The Morgan fingerprint density at radius 2 is 1.79 bits per heavy atom. The fraction of sp³-hybridized carbons (Fsp3) is 0.387. The fourth-order valence-corrected chi connectivity index (χ4v) is 5.29. The molecule has 8 nitrogen and oxygen atoms in total. The lowest BCUT2D eigenvalue weighted by molar-refractivity contribution is 0.0590. The molecule has 1 unspecified atom stereocenters. The first kappa shape index (κ1) is 26.5. The largest absolute Gasteiger partial charge is 0.368 e. The van der Waals surface area contributed by atoms with Crippen molar-refractivity contribution in [1.82, 2.24) is 14.5 Å². The average Bonchev–Trinajstić information content (AvgIpc) is 2.94. The number of amides is 1. The highest BCUT2D eigenvalue weighted by Crippen LogP contribution is 2.28. The van der Waals surface area contributed by atoms with Crippen LogP contribution in [0.25, 0.3) is 0 Å². The maximum atomic E-state index is 13.6. The maximum absolute atomic E-state index is 13.6. The fourth-order valence-electron chi connectivity index (χ4n) is 5.29. The van der Waals surface area contributed by atoms with E-state index in [1.807, 2.05) is 80.3 Å². The monoisotopic (exact) mass is 525 g/mol. The first-order valence-corrected chi connectivity index (χ1v) is 13.6. The number of ketones is 1. The van der Waals surface area contributed by atoms with Crippen molar-refractivity contribution in [3.05, 3.63) is 87.5 Å². The van der Waals surface area contributed by atoms with Crippen LogP contribution in [0.5, 0.6) is 0 Å². The van der Waals surface area contributed by atoms with E-state index < -0.39 is 5.54 Å². The van der Waals surface area contributed by atoms with E-state index in [0.29, 0.717) is 24.2 Å². The predicted molar refractivity (Wildman–Crippen MR) is 153 cm³/mol. The molecule has 2 aromatic carbocycles. The van der Waals surface area contributed by atoms with E-state index in [0.717, 1.165) is 30.4 Å². The number of fused-ring (bicyclic) bond motifs is 1. The molecule has 39 heavy (non-hydrogen) atoms. The minimum Gasteiger partial charge on any atom is -0.368 e. The molecule has 0 bridgehead atoms. The number of nitrogens with zero attached hydrogens (tertiary/aromatic N) is 4. The van der Waals surface area contributed by atoms with Crippen LogP contribution in [-0.2, 0) is 6.54 Å². The molecule has 1 atom stereocenters. The number of aromatic nitrogens is 2. The summed E-state index contributed by atoms with van der Waals surface area (Å²) in [4.78, 5) is 51.5. The van der Waals surface area contributed by atoms with Gasteiger partial charge in [-0.15, -0.1) is 0 Å². The van der Waals surface area contributed by atoms with Crippen LogP contribution in [0.2, 0.25) is 0 Å². The lowest BCUT2D eigenvalue weighted by Crippen LogP contribution is -2.44. The van der Waals surface area contributed by atoms with Crippen molar-refractivity contribution < 1.29 is 9.59 Å².